The molecule has 0 aromatic heterocycles. The molecule has 13 aromatic carbocycles. The van der Waals surface area contributed by atoms with Gasteiger partial charge in [-0.05, 0) is 179 Å². The Balaban J connectivity index is 0.000000133. The number of allylic oxidation sites excluding steroid dienone is 5. The van der Waals surface area contributed by atoms with Crippen molar-refractivity contribution < 1.29 is 0 Å². The lowest BCUT2D eigenvalue weighted by Gasteiger charge is -2.45. The molecule has 4 aliphatic heterocycles. The van der Waals surface area contributed by atoms with Crippen molar-refractivity contribution in [2.45, 2.75) is 46.2 Å². The van der Waals surface area contributed by atoms with Crippen molar-refractivity contribution in [1.29, 1.82) is 0 Å². The summed E-state index contributed by atoms with van der Waals surface area (Å²) in [7, 11) is -2.65. The van der Waals surface area contributed by atoms with Gasteiger partial charge in [0, 0.05) is 86.1 Å². The number of aryl methyl sites for hydroxylation is 1. The van der Waals surface area contributed by atoms with Gasteiger partial charge in [-0.1, -0.05) is 238 Å². The van der Waals surface area contributed by atoms with Crippen LogP contribution in [0.2, 0.25) is 39.3 Å². The molecule has 101 heavy (non-hydrogen) atoms. The van der Waals surface area contributed by atoms with Gasteiger partial charge in [-0.2, -0.15) is 0 Å². The molecule has 0 bridgehead atoms. The Morgan fingerprint density at radius 2 is 0.663 bits per heavy atom. The number of para-hydroxylation sites is 9. The summed E-state index contributed by atoms with van der Waals surface area (Å²) in [6.45, 7) is 16.8. The number of rotatable bonds is 11. The van der Waals surface area contributed by atoms with E-state index in [1.165, 1.54) is 99.9 Å². The van der Waals surface area contributed by atoms with Crippen LogP contribution in [-0.2, 0) is 0 Å². The molecule has 0 fully saturated rings. The van der Waals surface area contributed by atoms with E-state index in [4.69, 9.17) is 0 Å². The molecule has 486 valence electrons. The molecular formula is C91H79B2N6Si2+. The molecule has 0 amide bonds. The van der Waals surface area contributed by atoms with Crippen molar-refractivity contribution in [1.82, 2.24) is 0 Å². The van der Waals surface area contributed by atoms with Crippen LogP contribution in [0.3, 0.4) is 0 Å². The highest BCUT2D eigenvalue weighted by Crippen LogP contribution is 2.49. The fraction of sp³-hybridized carbons (Fsp3) is 0.0769. The fourth-order valence-corrected chi connectivity index (χ4v) is 17.6. The third kappa shape index (κ3) is 12.2. The molecule has 6 nitrogen and oxygen atoms in total. The van der Waals surface area contributed by atoms with Crippen molar-refractivity contribution >= 4 is 164 Å². The first-order chi connectivity index (χ1) is 49.3. The quantitative estimate of drug-likeness (QED) is 0.103. The van der Waals surface area contributed by atoms with Crippen LogP contribution in [0.15, 0.2) is 352 Å². The van der Waals surface area contributed by atoms with E-state index < -0.39 is 16.1 Å². The van der Waals surface area contributed by atoms with E-state index in [1.54, 1.807) is 0 Å². The minimum absolute atomic E-state index is 0.0857. The van der Waals surface area contributed by atoms with Crippen LogP contribution >= 0.6 is 0 Å². The van der Waals surface area contributed by atoms with Crippen LogP contribution in [0.4, 0.5) is 91.0 Å². The summed E-state index contributed by atoms with van der Waals surface area (Å²) in [4.78, 5) is 12.2. The van der Waals surface area contributed by atoms with Gasteiger partial charge < -0.3 is 24.9 Å². The maximum absolute atomic E-state index is 3.40. The summed E-state index contributed by atoms with van der Waals surface area (Å²) in [6.07, 6.45) is 11.6. The molecule has 0 radical (unpaired) electrons. The monoisotopic (exact) mass is 1330 g/mol. The molecule has 0 saturated heterocycles. The Labute approximate surface area is 599 Å². The Kier molecular flexibility index (Phi) is 17.1. The van der Waals surface area contributed by atoms with Gasteiger partial charge in [0.05, 0.1) is 39.3 Å². The molecule has 1 aliphatic carbocycles. The number of anilines is 16. The standard InChI is InChI=1S/C45H38BN3Si.C31H22BN2.C15H19NSi/c1-50(2,3)38-29-27-36(28-30-38)47(33-17-7-4-8-18-33)37-31-43-45-44(32-37)49(35-21-11-6-12-22-35)42-26-16-14-24-40(42)46(45)39-23-13-15-25-41(39)48(43)34-19-9-5-10-20-34;1-22-20-29-31-30(21-22)34(24-14-6-3-7-15-24)28-19-11-9-17-26(28)32(31)25-16-8-10-18-27(25)33(29)23-12-4-2-5-13-23;1-17(2,3)15-11-9-14(10-12-15)16-13-7-5-4-6-8-13/h4-32H,1-3H3;2-6,8-21H,1H3;4-12,16H,1-3H3/q;+1;. The lowest BCUT2D eigenvalue weighted by molar-refractivity contribution is 1.19. The normalized spacial score (nSPS) is 13.3. The van der Waals surface area contributed by atoms with Crippen LogP contribution in [-0.4, -0.2) is 29.6 Å². The molecule has 1 N–H and O–H groups in total. The van der Waals surface area contributed by atoms with Gasteiger partial charge in [0.2, 0.25) is 0 Å². The zero-order valence-electron chi connectivity index (χ0n) is 58.3. The summed E-state index contributed by atoms with van der Waals surface area (Å²) in [5, 5.41) is 6.35. The zero-order chi connectivity index (χ0) is 68.8. The second-order valence-electron chi connectivity index (χ2n) is 28.6. The Morgan fingerprint density at radius 3 is 1.07 bits per heavy atom. The highest BCUT2D eigenvalue weighted by Gasteiger charge is 2.46. The lowest BCUT2D eigenvalue weighted by Crippen LogP contribution is -2.61. The van der Waals surface area contributed by atoms with Gasteiger partial charge in [0.15, 0.2) is 5.70 Å². The number of hydrogen-bond donors (Lipinski definition) is 1. The first-order valence-corrected chi connectivity index (χ1v) is 42.2. The minimum Gasteiger partial charge on any atom is -0.356 e. The molecule has 4 heterocycles. The van der Waals surface area contributed by atoms with Gasteiger partial charge in [-0.15, -0.1) is 0 Å². The highest BCUT2D eigenvalue weighted by atomic mass is 28.3. The molecule has 5 aliphatic rings. The van der Waals surface area contributed by atoms with Crippen LogP contribution in [0.1, 0.15) is 5.56 Å². The van der Waals surface area contributed by atoms with E-state index in [0.29, 0.717) is 0 Å². The van der Waals surface area contributed by atoms with E-state index in [-0.39, 0.29) is 13.4 Å². The van der Waals surface area contributed by atoms with Gasteiger partial charge in [0.25, 0.3) is 13.4 Å². The van der Waals surface area contributed by atoms with E-state index in [1.807, 2.05) is 24.3 Å². The number of nitrogens with zero attached hydrogens (tertiary/aromatic N) is 5. The summed E-state index contributed by atoms with van der Waals surface area (Å²) in [5.74, 6) is 0. The molecular weight excluding hydrogens is 1250 g/mol. The smallest absolute Gasteiger partial charge is 0.252 e. The maximum Gasteiger partial charge on any atom is 0.252 e. The van der Waals surface area contributed by atoms with Crippen molar-refractivity contribution in [3.63, 3.8) is 0 Å². The summed E-state index contributed by atoms with van der Waals surface area (Å²) >= 11 is 0. The summed E-state index contributed by atoms with van der Waals surface area (Å²) < 4.78 is 0. The topological polar surface area (TPSA) is 28.2 Å². The van der Waals surface area contributed by atoms with Crippen molar-refractivity contribution in [3.05, 3.63) is 363 Å². The summed E-state index contributed by atoms with van der Waals surface area (Å²) in [5.41, 5.74) is 29.3. The van der Waals surface area contributed by atoms with Gasteiger partial charge in [-0.25, -0.2) is 0 Å². The van der Waals surface area contributed by atoms with Gasteiger partial charge >= 0.3 is 0 Å². The average molecular weight is 1330 g/mol. The minimum atomic E-state index is -1.48. The molecule has 18 rings (SSSR count). The Bertz CT molecular complexity index is 5160. The van der Waals surface area contributed by atoms with Crippen LogP contribution < -0.4 is 73.0 Å². The molecule has 0 spiro atoms. The molecule has 13 aromatic rings. The van der Waals surface area contributed by atoms with E-state index in [9.17, 15) is 0 Å². The average Bonchev–Trinajstić information content (AvgIpc) is 0.706. The van der Waals surface area contributed by atoms with Crippen molar-refractivity contribution in [3.8, 4) is 0 Å². The maximum atomic E-state index is 3.40. The van der Waals surface area contributed by atoms with Crippen LogP contribution in [0, 0.1) is 13.0 Å². The van der Waals surface area contributed by atoms with E-state index in [2.05, 4.69) is 404 Å². The van der Waals surface area contributed by atoms with Gasteiger partial charge in [-0.3, -0.25) is 4.90 Å². The third-order valence-electron chi connectivity index (χ3n) is 20.0. The van der Waals surface area contributed by atoms with E-state index in [0.717, 1.165) is 45.5 Å². The number of benzene rings is 13. The largest absolute Gasteiger partial charge is 0.356 e. The summed E-state index contributed by atoms with van der Waals surface area (Å²) in [6, 6.07) is 117. The molecule has 0 unspecified atom stereocenters. The van der Waals surface area contributed by atoms with Crippen molar-refractivity contribution in [2.24, 2.45) is 0 Å². The highest BCUT2D eigenvalue weighted by molar-refractivity contribution is 7.01. The third-order valence-corrected chi connectivity index (χ3v) is 24.1. The van der Waals surface area contributed by atoms with Crippen LogP contribution in [0.25, 0.3) is 0 Å². The Hall–Kier alpha value is -11.6. The number of hydrogen-bond acceptors (Lipinski definition) is 6. The number of fused-ring (bicyclic) bond motifs is 8. The van der Waals surface area contributed by atoms with E-state index >= 15 is 0 Å². The van der Waals surface area contributed by atoms with Crippen molar-refractivity contribution in [2.75, 3.05) is 29.8 Å². The first kappa shape index (κ1) is 64.1. The lowest BCUT2D eigenvalue weighted by atomic mass is 9.33. The van der Waals surface area contributed by atoms with Crippen LogP contribution in [0.5, 0.6) is 0 Å². The fourth-order valence-electron chi connectivity index (χ4n) is 15.3. The second kappa shape index (κ2) is 26.9. The first-order valence-electron chi connectivity index (χ1n) is 35.2. The predicted molar refractivity (Wildman–Crippen MR) is 441 cm³/mol. The molecule has 10 heteroatoms. The Morgan fingerprint density at radius 1 is 0.327 bits per heavy atom. The second-order valence-corrected chi connectivity index (χ2v) is 38.8. The zero-order valence-corrected chi connectivity index (χ0v) is 60.3. The van der Waals surface area contributed by atoms with Gasteiger partial charge in [0.1, 0.15) is 12.2 Å². The number of nitrogens with one attached hydrogen (secondary N) is 1. The molecule has 0 saturated carbocycles. The predicted octanol–water partition coefficient (Wildman–Crippen LogP) is 19.3. The molecule has 0 atom stereocenters. The SMILES string of the molecule is C[Si](C)(C)c1ccc(N(c2ccccc2)c2cc3c4c(c2)N(c2ccccc2)c2ccccc2B4c2ccccc2N3c2ccccc2)cc1.C[Si](C)(C)c1ccc(Nc2ccccc2)cc1.Cc1cc2c3c(c1)N(c1ccccc1)c1ccccc1B3c1ccccc1N2C1=CC=C[C+]=C1.